The topological polar surface area (TPSA) is 64.4 Å². The molecule has 0 saturated carbocycles. The van der Waals surface area contributed by atoms with Gasteiger partial charge in [0.2, 0.25) is 5.91 Å². The lowest BCUT2D eigenvalue weighted by molar-refractivity contribution is -0.121. The van der Waals surface area contributed by atoms with E-state index in [-0.39, 0.29) is 18.6 Å². The molecule has 2 aromatic rings. The number of anilines is 1. The van der Waals surface area contributed by atoms with Gasteiger partial charge in [-0.25, -0.2) is 4.98 Å². The third kappa shape index (κ3) is 3.93. The molecule has 0 atom stereocenters. The third-order valence-electron chi connectivity index (χ3n) is 2.43. The molecule has 0 spiro atoms. The summed E-state index contributed by atoms with van der Waals surface area (Å²) >= 11 is 0. The molecule has 0 aliphatic carbocycles. The zero-order valence-corrected chi connectivity index (χ0v) is 10.9. The van der Waals surface area contributed by atoms with Crippen LogP contribution in [-0.4, -0.2) is 23.6 Å². The van der Waals surface area contributed by atoms with Gasteiger partial charge in [-0.1, -0.05) is 0 Å². The highest BCUT2D eigenvalue weighted by Crippen LogP contribution is 2.20. The van der Waals surface area contributed by atoms with Gasteiger partial charge in [-0.15, -0.1) is 0 Å². The first-order valence-electron chi connectivity index (χ1n) is 6.05. The van der Waals surface area contributed by atoms with Gasteiger partial charge in [0.25, 0.3) is 0 Å². The minimum Gasteiger partial charge on any atom is -0.444 e. The fourth-order valence-electron chi connectivity index (χ4n) is 1.52. The number of nitrogens with one attached hydrogen (secondary N) is 1. The smallest absolute Gasteiger partial charge is 0.250 e. The van der Waals surface area contributed by atoms with Crippen LogP contribution in [0, 0.1) is 0 Å². The van der Waals surface area contributed by atoms with Crippen LogP contribution in [0.1, 0.15) is 13.8 Å². The van der Waals surface area contributed by atoms with Crippen LogP contribution in [-0.2, 0) is 9.53 Å². The molecule has 1 heterocycles. The number of nitrogens with zero attached hydrogens (tertiary/aromatic N) is 1. The molecule has 1 N–H and O–H groups in total. The number of carbonyl (C=O) groups excluding carboxylic acids is 1. The molecular weight excluding hydrogens is 244 g/mol. The molecule has 1 aromatic carbocycles. The third-order valence-corrected chi connectivity index (χ3v) is 2.43. The maximum absolute atomic E-state index is 11.6. The molecule has 1 aromatic heterocycles. The fourth-order valence-corrected chi connectivity index (χ4v) is 1.52. The summed E-state index contributed by atoms with van der Waals surface area (Å²) in [5, 5.41) is 2.76. The van der Waals surface area contributed by atoms with Gasteiger partial charge in [0, 0.05) is 11.3 Å². The first-order valence-corrected chi connectivity index (χ1v) is 6.05. The van der Waals surface area contributed by atoms with E-state index in [0.717, 1.165) is 11.3 Å². The lowest BCUT2D eigenvalue weighted by Gasteiger charge is -2.08. The van der Waals surface area contributed by atoms with E-state index in [2.05, 4.69) is 10.3 Å². The molecule has 0 fully saturated rings. The van der Waals surface area contributed by atoms with E-state index in [9.17, 15) is 4.79 Å². The molecule has 0 bridgehead atoms. The first kappa shape index (κ1) is 13.3. The van der Waals surface area contributed by atoms with Crippen LogP contribution in [0.5, 0.6) is 0 Å². The van der Waals surface area contributed by atoms with Crippen molar-refractivity contribution >= 4 is 11.6 Å². The van der Waals surface area contributed by atoms with Gasteiger partial charge >= 0.3 is 0 Å². The summed E-state index contributed by atoms with van der Waals surface area (Å²) < 4.78 is 10.4. The monoisotopic (exact) mass is 260 g/mol. The lowest BCUT2D eigenvalue weighted by atomic mass is 10.2. The second-order valence-corrected chi connectivity index (χ2v) is 4.35. The number of rotatable bonds is 5. The number of oxazole rings is 1. The van der Waals surface area contributed by atoms with E-state index in [0.29, 0.717) is 5.76 Å². The molecule has 0 unspecified atom stereocenters. The maximum atomic E-state index is 11.6. The minimum absolute atomic E-state index is 0.0413. The highest BCUT2D eigenvalue weighted by atomic mass is 16.5. The van der Waals surface area contributed by atoms with Gasteiger partial charge in [0.05, 0.1) is 12.3 Å². The zero-order chi connectivity index (χ0) is 13.7. The predicted octanol–water partition coefficient (Wildman–Crippen LogP) is 2.71. The highest BCUT2D eigenvalue weighted by molar-refractivity contribution is 5.91. The van der Waals surface area contributed by atoms with Crippen molar-refractivity contribution in [1.82, 2.24) is 4.98 Å². The zero-order valence-electron chi connectivity index (χ0n) is 10.9. The SMILES string of the molecule is CC(C)OCC(=O)Nc1ccc(-c2cnco2)cc1. The Morgan fingerprint density at radius 1 is 1.37 bits per heavy atom. The molecule has 2 rings (SSSR count). The number of ether oxygens (including phenoxy) is 1. The molecule has 0 aliphatic heterocycles. The second-order valence-electron chi connectivity index (χ2n) is 4.35. The summed E-state index contributed by atoms with van der Waals surface area (Å²) in [7, 11) is 0. The van der Waals surface area contributed by atoms with Crippen molar-refractivity contribution in [2.75, 3.05) is 11.9 Å². The number of benzene rings is 1. The second kappa shape index (κ2) is 6.15. The summed E-state index contributed by atoms with van der Waals surface area (Å²) in [5.41, 5.74) is 1.63. The Morgan fingerprint density at radius 2 is 2.11 bits per heavy atom. The summed E-state index contributed by atoms with van der Waals surface area (Å²) in [4.78, 5) is 15.4. The van der Waals surface area contributed by atoms with Gasteiger partial charge in [0.1, 0.15) is 6.61 Å². The van der Waals surface area contributed by atoms with Crippen LogP contribution >= 0.6 is 0 Å². The van der Waals surface area contributed by atoms with Crippen molar-refractivity contribution in [3.8, 4) is 11.3 Å². The molecule has 0 radical (unpaired) electrons. The summed E-state index contributed by atoms with van der Waals surface area (Å²) in [6.45, 7) is 3.83. The van der Waals surface area contributed by atoms with Crippen LogP contribution in [0.15, 0.2) is 41.3 Å². The van der Waals surface area contributed by atoms with Crippen LogP contribution in [0.2, 0.25) is 0 Å². The summed E-state index contributed by atoms with van der Waals surface area (Å²) in [6.07, 6.45) is 3.07. The Bertz CT molecular complexity index is 518. The van der Waals surface area contributed by atoms with Gasteiger partial charge in [-0.05, 0) is 38.1 Å². The molecule has 19 heavy (non-hydrogen) atoms. The molecule has 0 saturated heterocycles. The van der Waals surface area contributed by atoms with Gasteiger partial charge < -0.3 is 14.5 Å². The van der Waals surface area contributed by atoms with Crippen molar-refractivity contribution in [2.45, 2.75) is 20.0 Å². The van der Waals surface area contributed by atoms with Crippen molar-refractivity contribution in [2.24, 2.45) is 0 Å². The number of hydrogen-bond acceptors (Lipinski definition) is 4. The van der Waals surface area contributed by atoms with Gasteiger partial charge in [-0.2, -0.15) is 0 Å². The highest BCUT2D eigenvalue weighted by Gasteiger charge is 2.05. The molecule has 0 aliphatic rings. The Balaban J connectivity index is 1.94. The van der Waals surface area contributed by atoms with Gasteiger partial charge in [-0.3, -0.25) is 4.79 Å². The number of amides is 1. The summed E-state index contributed by atoms with van der Waals surface area (Å²) in [5.74, 6) is 0.530. The average molecular weight is 260 g/mol. The number of aromatic nitrogens is 1. The van der Waals surface area contributed by atoms with E-state index < -0.39 is 0 Å². The normalized spacial score (nSPS) is 10.7. The molecule has 100 valence electrons. The van der Waals surface area contributed by atoms with Crippen LogP contribution in [0.25, 0.3) is 11.3 Å². The standard InChI is InChI=1S/C14H16N2O3/c1-10(2)18-8-14(17)16-12-5-3-11(4-6-12)13-7-15-9-19-13/h3-7,9-10H,8H2,1-2H3,(H,16,17). The minimum atomic E-state index is -0.166. The quantitative estimate of drug-likeness (QED) is 0.897. The Hall–Kier alpha value is -2.14. The Kier molecular flexibility index (Phi) is 4.30. The maximum Gasteiger partial charge on any atom is 0.250 e. The summed E-state index contributed by atoms with van der Waals surface area (Å²) in [6, 6.07) is 7.34. The number of hydrogen-bond donors (Lipinski definition) is 1. The van der Waals surface area contributed by atoms with E-state index in [1.807, 2.05) is 38.1 Å². The Labute approximate surface area is 111 Å². The molecule has 1 amide bonds. The average Bonchev–Trinajstić information content (AvgIpc) is 2.91. The predicted molar refractivity (Wildman–Crippen MR) is 71.7 cm³/mol. The Morgan fingerprint density at radius 3 is 2.68 bits per heavy atom. The molecular formula is C14H16N2O3. The number of carbonyl (C=O) groups is 1. The van der Waals surface area contributed by atoms with Crippen molar-refractivity contribution in [1.29, 1.82) is 0 Å². The van der Waals surface area contributed by atoms with Crippen molar-refractivity contribution in [3.63, 3.8) is 0 Å². The molecule has 5 nitrogen and oxygen atoms in total. The van der Waals surface area contributed by atoms with Gasteiger partial charge in [0.15, 0.2) is 12.2 Å². The van der Waals surface area contributed by atoms with E-state index >= 15 is 0 Å². The lowest BCUT2D eigenvalue weighted by Crippen LogP contribution is -2.20. The van der Waals surface area contributed by atoms with Crippen LogP contribution in [0.3, 0.4) is 0 Å². The van der Waals surface area contributed by atoms with E-state index in [1.165, 1.54) is 6.39 Å². The van der Waals surface area contributed by atoms with Crippen molar-refractivity contribution in [3.05, 3.63) is 36.9 Å². The van der Waals surface area contributed by atoms with Crippen molar-refractivity contribution < 1.29 is 13.9 Å². The fraction of sp³-hybridized carbons (Fsp3) is 0.286. The molecule has 5 heteroatoms. The largest absolute Gasteiger partial charge is 0.444 e. The first-order chi connectivity index (χ1) is 9.15. The van der Waals surface area contributed by atoms with Crippen LogP contribution in [0.4, 0.5) is 5.69 Å². The van der Waals surface area contributed by atoms with Crippen LogP contribution < -0.4 is 5.32 Å². The van der Waals surface area contributed by atoms with E-state index in [1.54, 1.807) is 6.20 Å². The van der Waals surface area contributed by atoms with E-state index in [4.69, 9.17) is 9.15 Å².